The summed E-state index contributed by atoms with van der Waals surface area (Å²) in [6.45, 7) is 0. The number of methoxy groups -OCH3 is 1. The van der Waals surface area contributed by atoms with Crippen molar-refractivity contribution < 1.29 is 4.74 Å². The molecule has 4 heteroatoms. The minimum Gasteiger partial charge on any atom is -0.496 e. The molecule has 2 N–H and O–H groups in total. The van der Waals surface area contributed by atoms with E-state index in [1.165, 1.54) is 16.5 Å². The number of nitrogens with one attached hydrogen (secondary N) is 2. The summed E-state index contributed by atoms with van der Waals surface area (Å²) in [5, 5.41) is 16.4. The molecule has 142 valence electrons. The smallest absolute Gasteiger partial charge is 0.199 e. The van der Waals surface area contributed by atoms with E-state index in [1.54, 1.807) is 7.11 Å². The van der Waals surface area contributed by atoms with Crippen LogP contribution in [0.25, 0.3) is 33.7 Å². The third kappa shape index (κ3) is 2.72. The van der Waals surface area contributed by atoms with Gasteiger partial charge < -0.3 is 15.0 Å². The Morgan fingerprint density at radius 3 is 2.34 bits per heavy atom. The number of hydrogen-bond donors (Lipinski definition) is 2. The fraction of sp³-hybridized carbons (Fsp3) is 0.0800. The van der Waals surface area contributed by atoms with Gasteiger partial charge in [0.05, 0.1) is 12.8 Å². The standard InChI is InChI=1S/C25H21N3O/c1-28(22-14-12-17-11-10-16-6-5-9-20(22)24(16)17)25(26)27-21-13-15-23(29-2)19-8-4-3-7-18(19)21/h3-15H,1-2H3,(H2,26,27). The summed E-state index contributed by atoms with van der Waals surface area (Å²) in [4.78, 5) is 1.89. The monoisotopic (exact) mass is 379 g/mol. The molecule has 4 nitrogen and oxygen atoms in total. The number of anilines is 2. The molecule has 0 unspecified atom stereocenters. The third-order valence-electron chi connectivity index (χ3n) is 5.58. The van der Waals surface area contributed by atoms with Crippen LogP contribution in [0.4, 0.5) is 11.4 Å². The molecule has 4 aromatic rings. The second kappa shape index (κ2) is 6.67. The van der Waals surface area contributed by atoms with Crippen LogP contribution in [0.1, 0.15) is 11.1 Å². The number of ether oxygens (including phenoxy) is 1. The summed E-state index contributed by atoms with van der Waals surface area (Å²) in [5.41, 5.74) is 4.34. The van der Waals surface area contributed by atoms with Gasteiger partial charge in [-0.15, -0.1) is 0 Å². The Morgan fingerprint density at radius 2 is 1.55 bits per heavy atom. The van der Waals surface area contributed by atoms with Crippen LogP contribution in [0.15, 0.2) is 66.7 Å². The Hall–Kier alpha value is -3.79. The maximum absolute atomic E-state index is 8.71. The second-order valence-electron chi connectivity index (χ2n) is 7.17. The van der Waals surface area contributed by atoms with Crippen molar-refractivity contribution >= 4 is 51.0 Å². The van der Waals surface area contributed by atoms with E-state index in [0.29, 0.717) is 5.96 Å². The fourth-order valence-electron chi connectivity index (χ4n) is 4.09. The number of rotatable bonds is 3. The third-order valence-corrected chi connectivity index (χ3v) is 5.58. The number of benzene rings is 4. The Morgan fingerprint density at radius 1 is 0.828 bits per heavy atom. The molecule has 1 aliphatic carbocycles. The van der Waals surface area contributed by atoms with Gasteiger partial charge in [0.15, 0.2) is 5.96 Å². The van der Waals surface area contributed by atoms with Gasteiger partial charge in [-0.25, -0.2) is 0 Å². The van der Waals surface area contributed by atoms with Crippen molar-refractivity contribution in [1.82, 2.24) is 0 Å². The van der Waals surface area contributed by atoms with Crippen molar-refractivity contribution in [1.29, 1.82) is 5.41 Å². The molecule has 29 heavy (non-hydrogen) atoms. The van der Waals surface area contributed by atoms with E-state index in [9.17, 15) is 0 Å². The lowest BCUT2D eigenvalue weighted by Gasteiger charge is -2.24. The van der Waals surface area contributed by atoms with E-state index >= 15 is 0 Å². The number of nitrogens with zero attached hydrogens (tertiary/aromatic N) is 1. The predicted octanol–water partition coefficient (Wildman–Crippen LogP) is 5.97. The van der Waals surface area contributed by atoms with Gasteiger partial charge in [0.1, 0.15) is 5.75 Å². The summed E-state index contributed by atoms with van der Waals surface area (Å²) < 4.78 is 5.48. The lowest BCUT2D eigenvalue weighted by molar-refractivity contribution is 0.420. The maximum Gasteiger partial charge on any atom is 0.199 e. The van der Waals surface area contributed by atoms with Crippen molar-refractivity contribution in [2.75, 3.05) is 24.4 Å². The molecule has 0 saturated carbocycles. The molecule has 1 aliphatic rings. The first-order chi connectivity index (χ1) is 14.2. The van der Waals surface area contributed by atoms with Gasteiger partial charge in [0.2, 0.25) is 0 Å². The van der Waals surface area contributed by atoms with E-state index in [1.807, 2.05) is 48.3 Å². The number of fused-ring (bicyclic) bond motifs is 1. The van der Waals surface area contributed by atoms with E-state index in [2.05, 4.69) is 47.8 Å². The molecule has 0 spiro atoms. The lowest BCUT2D eigenvalue weighted by Crippen LogP contribution is -2.32. The Bertz CT molecular complexity index is 1290. The van der Waals surface area contributed by atoms with Gasteiger partial charge in [-0.05, 0) is 34.7 Å². The average Bonchev–Trinajstić information content (AvgIpc) is 3.19. The van der Waals surface area contributed by atoms with Crippen LogP contribution in [-0.4, -0.2) is 20.1 Å². The van der Waals surface area contributed by atoms with Crippen LogP contribution < -0.4 is 15.0 Å². The van der Waals surface area contributed by atoms with Crippen LogP contribution in [-0.2, 0) is 0 Å². The summed E-state index contributed by atoms with van der Waals surface area (Å²) in [6.07, 6.45) is 4.29. The Kier molecular flexibility index (Phi) is 3.98. The van der Waals surface area contributed by atoms with E-state index in [0.717, 1.165) is 33.3 Å². The van der Waals surface area contributed by atoms with Crippen LogP contribution in [0, 0.1) is 5.41 Å². The zero-order valence-corrected chi connectivity index (χ0v) is 16.4. The van der Waals surface area contributed by atoms with Crippen molar-refractivity contribution in [3.63, 3.8) is 0 Å². The van der Waals surface area contributed by atoms with Gasteiger partial charge in [-0.3, -0.25) is 5.41 Å². The van der Waals surface area contributed by atoms with E-state index in [4.69, 9.17) is 10.1 Å². The maximum atomic E-state index is 8.71. The molecular weight excluding hydrogens is 358 g/mol. The minimum atomic E-state index is 0.312. The normalized spacial score (nSPS) is 11.8. The largest absolute Gasteiger partial charge is 0.496 e. The summed E-state index contributed by atoms with van der Waals surface area (Å²) in [5.74, 6) is 1.14. The van der Waals surface area contributed by atoms with Gasteiger partial charge in [-0.2, -0.15) is 0 Å². The quantitative estimate of drug-likeness (QED) is 0.300. The first kappa shape index (κ1) is 17.3. The van der Waals surface area contributed by atoms with Crippen molar-refractivity contribution in [2.45, 2.75) is 0 Å². The molecule has 4 aromatic carbocycles. The van der Waals surface area contributed by atoms with Gasteiger partial charge in [0.25, 0.3) is 0 Å². The van der Waals surface area contributed by atoms with Gasteiger partial charge in [-0.1, -0.05) is 60.7 Å². The molecule has 0 aromatic heterocycles. The summed E-state index contributed by atoms with van der Waals surface area (Å²) in [7, 11) is 3.60. The molecule has 0 saturated heterocycles. The average molecular weight is 379 g/mol. The second-order valence-corrected chi connectivity index (χ2v) is 7.17. The summed E-state index contributed by atoms with van der Waals surface area (Å²) >= 11 is 0. The van der Waals surface area contributed by atoms with Crippen molar-refractivity contribution in [2.24, 2.45) is 0 Å². The molecule has 0 fully saturated rings. The highest BCUT2D eigenvalue weighted by molar-refractivity contribution is 6.15. The first-order valence-corrected chi connectivity index (χ1v) is 9.56. The van der Waals surface area contributed by atoms with Crippen molar-refractivity contribution in [3.05, 3.63) is 77.9 Å². The topological polar surface area (TPSA) is 48.4 Å². The zero-order valence-electron chi connectivity index (χ0n) is 16.4. The van der Waals surface area contributed by atoms with E-state index < -0.39 is 0 Å². The Balaban J connectivity index is 1.52. The Labute approximate surface area is 169 Å². The molecule has 0 aliphatic heterocycles. The van der Waals surface area contributed by atoms with E-state index in [-0.39, 0.29) is 0 Å². The molecule has 0 radical (unpaired) electrons. The first-order valence-electron chi connectivity index (χ1n) is 9.56. The van der Waals surface area contributed by atoms with Crippen molar-refractivity contribution in [3.8, 4) is 5.75 Å². The molecular formula is C25H21N3O. The highest BCUT2D eigenvalue weighted by Crippen LogP contribution is 2.37. The van der Waals surface area contributed by atoms with Crippen LogP contribution in [0.2, 0.25) is 0 Å². The molecule has 5 rings (SSSR count). The van der Waals surface area contributed by atoms with Gasteiger partial charge >= 0.3 is 0 Å². The van der Waals surface area contributed by atoms with Crippen LogP contribution >= 0.6 is 0 Å². The molecule has 0 bridgehead atoms. The predicted molar refractivity (Wildman–Crippen MR) is 123 cm³/mol. The molecule has 0 amide bonds. The highest BCUT2D eigenvalue weighted by Gasteiger charge is 2.17. The van der Waals surface area contributed by atoms with Gasteiger partial charge in [0, 0.05) is 28.9 Å². The minimum absolute atomic E-state index is 0.312. The lowest BCUT2D eigenvalue weighted by atomic mass is 10.0. The highest BCUT2D eigenvalue weighted by atomic mass is 16.5. The van der Waals surface area contributed by atoms with Crippen LogP contribution in [0.5, 0.6) is 5.75 Å². The SMILES string of the molecule is COc1ccc(NC(=N)N(C)c2ccc3c4c(cccc24)C=C3)c2ccccc12. The summed E-state index contributed by atoms with van der Waals surface area (Å²) in [6, 6.07) is 22.5. The molecule has 0 atom stereocenters. The number of hydrogen-bond acceptors (Lipinski definition) is 2. The fourth-order valence-corrected chi connectivity index (χ4v) is 4.09. The van der Waals surface area contributed by atoms with Crippen LogP contribution in [0.3, 0.4) is 0 Å². The molecule has 0 heterocycles. The zero-order chi connectivity index (χ0) is 20.0. The number of guanidine groups is 1.